The van der Waals surface area contributed by atoms with Gasteiger partial charge in [-0.25, -0.2) is 4.39 Å². The van der Waals surface area contributed by atoms with Gasteiger partial charge in [0.1, 0.15) is 0 Å². The molecule has 0 saturated heterocycles. The van der Waals surface area contributed by atoms with Crippen molar-refractivity contribution in [3.8, 4) is 5.75 Å². The van der Waals surface area contributed by atoms with E-state index in [1.54, 1.807) is 12.1 Å². The van der Waals surface area contributed by atoms with E-state index in [1.165, 1.54) is 13.2 Å². The van der Waals surface area contributed by atoms with Crippen molar-refractivity contribution in [3.63, 3.8) is 0 Å². The van der Waals surface area contributed by atoms with Crippen molar-refractivity contribution in [1.82, 2.24) is 0 Å². The largest absolute Gasteiger partial charge is 0.494 e. The van der Waals surface area contributed by atoms with Crippen molar-refractivity contribution in [2.24, 2.45) is 5.73 Å². The molecule has 0 radical (unpaired) electrons. The van der Waals surface area contributed by atoms with E-state index in [0.29, 0.717) is 0 Å². The minimum Gasteiger partial charge on any atom is -0.494 e. The molecule has 2 nitrogen and oxygen atoms in total. The van der Waals surface area contributed by atoms with Crippen molar-refractivity contribution in [2.75, 3.05) is 7.11 Å². The molecule has 0 heterocycles. The molecule has 106 valence electrons. The number of nitrogens with two attached hydrogens (primary N) is 1. The zero-order chi connectivity index (χ0) is 14.9. The van der Waals surface area contributed by atoms with E-state index >= 15 is 0 Å². The monoisotopic (exact) mass is 337 g/mol. The van der Waals surface area contributed by atoms with Gasteiger partial charge in [0, 0.05) is 4.47 Å². The lowest BCUT2D eigenvalue weighted by atomic mass is 9.94. The average molecular weight is 338 g/mol. The third-order valence-corrected chi connectivity index (χ3v) is 4.27. The van der Waals surface area contributed by atoms with Crippen LogP contribution in [0.4, 0.5) is 4.39 Å². The molecule has 0 aliphatic heterocycles. The number of halogens is 2. The predicted molar refractivity (Wildman–Crippen MR) is 82.6 cm³/mol. The van der Waals surface area contributed by atoms with E-state index in [2.05, 4.69) is 22.0 Å². The minimum atomic E-state index is -0.382. The van der Waals surface area contributed by atoms with Gasteiger partial charge in [0.25, 0.3) is 0 Å². The van der Waals surface area contributed by atoms with Crippen LogP contribution in [0.15, 0.2) is 34.8 Å². The molecule has 4 heteroatoms. The van der Waals surface area contributed by atoms with Gasteiger partial charge in [-0.3, -0.25) is 0 Å². The van der Waals surface area contributed by atoms with Gasteiger partial charge in [0.05, 0.1) is 13.2 Å². The molecular weight excluding hydrogens is 321 g/mol. The third kappa shape index (κ3) is 2.86. The Hall–Kier alpha value is -1.39. The van der Waals surface area contributed by atoms with Crippen LogP contribution in [0.2, 0.25) is 0 Å². The summed E-state index contributed by atoms with van der Waals surface area (Å²) >= 11 is 3.51. The van der Waals surface area contributed by atoms with Crippen LogP contribution in [-0.2, 0) is 0 Å². The fourth-order valence-corrected chi connectivity index (χ4v) is 2.65. The van der Waals surface area contributed by atoms with E-state index < -0.39 is 0 Å². The van der Waals surface area contributed by atoms with Gasteiger partial charge < -0.3 is 10.5 Å². The first kappa shape index (κ1) is 15.0. The highest BCUT2D eigenvalue weighted by Crippen LogP contribution is 2.30. The molecule has 0 aliphatic rings. The molecule has 1 unspecified atom stereocenters. The summed E-state index contributed by atoms with van der Waals surface area (Å²) in [7, 11) is 1.45. The standard InChI is InChI=1S/C16H17BrFNO/c1-9-7-13(17)10(2)6-12(9)16(19)11-4-5-14(18)15(8-11)20-3/h4-8,16H,19H2,1-3H3. The highest BCUT2D eigenvalue weighted by atomic mass is 79.9. The first-order valence-electron chi connectivity index (χ1n) is 6.29. The number of hydrogen-bond acceptors (Lipinski definition) is 2. The number of hydrogen-bond donors (Lipinski definition) is 1. The number of methoxy groups -OCH3 is 1. The summed E-state index contributed by atoms with van der Waals surface area (Å²) in [6, 6.07) is 8.52. The van der Waals surface area contributed by atoms with Crippen molar-refractivity contribution in [3.05, 3.63) is 62.9 Å². The summed E-state index contributed by atoms with van der Waals surface area (Å²) in [5.41, 5.74) is 10.4. The normalized spacial score (nSPS) is 12.3. The molecule has 0 saturated carbocycles. The van der Waals surface area contributed by atoms with Crippen LogP contribution in [0.3, 0.4) is 0 Å². The zero-order valence-corrected chi connectivity index (χ0v) is 13.3. The Bertz CT molecular complexity index is 643. The SMILES string of the molecule is COc1cc(C(N)c2cc(C)c(Br)cc2C)ccc1F. The maximum absolute atomic E-state index is 13.5. The molecule has 20 heavy (non-hydrogen) atoms. The molecule has 0 aromatic heterocycles. The van der Waals surface area contributed by atoms with Crippen LogP contribution in [-0.4, -0.2) is 7.11 Å². The summed E-state index contributed by atoms with van der Waals surface area (Å²) in [5, 5.41) is 0. The van der Waals surface area contributed by atoms with Gasteiger partial charge in [-0.2, -0.15) is 0 Å². The second kappa shape index (κ2) is 5.94. The first-order valence-corrected chi connectivity index (χ1v) is 7.09. The van der Waals surface area contributed by atoms with Gasteiger partial charge in [0.2, 0.25) is 0 Å². The van der Waals surface area contributed by atoms with Crippen molar-refractivity contribution in [1.29, 1.82) is 0 Å². The quantitative estimate of drug-likeness (QED) is 0.907. The van der Waals surface area contributed by atoms with Gasteiger partial charge in [-0.1, -0.05) is 28.1 Å². The fraction of sp³-hybridized carbons (Fsp3) is 0.250. The molecule has 0 aliphatic carbocycles. The number of benzene rings is 2. The van der Waals surface area contributed by atoms with Crippen molar-refractivity contribution < 1.29 is 9.13 Å². The fourth-order valence-electron chi connectivity index (χ4n) is 2.19. The van der Waals surface area contributed by atoms with Crippen LogP contribution in [0.25, 0.3) is 0 Å². The topological polar surface area (TPSA) is 35.2 Å². The van der Waals surface area contributed by atoms with E-state index in [9.17, 15) is 4.39 Å². The Labute approximate surface area is 126 Å². The van der Waals surface area contributed by atoms with Crippen LogP contribution in [0.5, 0.6) is 5.75 Å². The number of aryl methyl sites for hydroxylation is 2. The molecule has 0 amide bonds. The third-order valence-electron chi connectivity index (χ3n) is 3.42. The zero-order valence-electron chi connectivity index (χ0n) is 11.7. The summed E-state index contributed by atoms with van der Waals surface area (Å²) in [4.78, 5) is 0. The maximum atomic E-state index is 13.5. The van der Waals surface area contributed by atoms with Crippen LogP contribution in [0, 0.1) is 19.7 Å². The second-order valence-electron chi connectivity index (χ2n) is 4.83. The summed E-state index contributed by atoms with van der Waals surface area (Å²) in [6.45, 7) is 4.03. The lowest BCUT2D eigenvalue weighted by Gasteiger charge is -2.17. The molecule has 1 atom stereocenters. The highest BCUT2D eigenvalue weighted by Gasteiger charge is 2.15. The molecule has 2 aromatic carbocycles. The Balaban J connectivity index is 2.46. The smallest absolute Gasteiger partial charge is 0.165 e. The lowest BCUT2D eigenvalue weighted by Crippen LogP contribution is -2.14. The highest BCUT2D eigenvalue weighted by molar-refractivity contribution is 9.10. The Morgan fingerprint density at radius 3 is 2.50 bits per heavy atom. The van der Waals surface area contributed by atoms with Crippen LogP contribution < -0.4 is 10.5 Å². The molecule has 2 rings (SSSR count). The number of rotatable bonds is 3. The van der Waals surface area contributed by atoms with Gasteiger partial charge >= 0.3 is 0 Å². The molecule has 0 bridgehead atoms. The molecule has 0 spiro atoms. The van der Waals surface area contributed by atoms with E-state index in [0.717, 1.165) is 26.7 Å². The molecule has 2 N–H and O–H groups in total. The second-order valence-corrected chi connectivity index (χ2v) is 5.68. The average Bonchev–Trinajstić information content (AvgIpc) is 2.42. The molecule has 2 aromatic rings. The Morgan fingerprint density at radius 2 is 1.85 bits per heavy atom. The van der Waals surface area contributed by atoms with Gasteiger partial charge in [-0.05, 0) is 54.3 Å². The lowest BCUT2D eigenvalue weighted by molar-refractivity contribution is 0.385. The van der Waals surface area contributed by atoms with Gasteiger partial charge in [-0.15, -0.1) is 0 Å². The maximum Gasteiger partial charge on any atom is 0.165 e. The first-order chi connectivity index (χ1) is 9.43. The van der Waals surface area contributed by atoms with Crippen molar-refractivity contribution in [2.45, 2.75) is 19.9 Å². The molecular formula is C16H17BrFNO. The summed E-state index contributed by atoms with van der Waals surface area (Å²) in [5.74, 6) is -0.170. The Morgan fingerprint density at radius 1 is 1.15 bits per heavy atom. The van der Waals surface area contributed by atoms with Gasteiger partial charge in [0.15, 0.2) is 11.6 Å². The summed E-state index contributed by atoms with van der Waals surface area (Å²) < 4.78 is 19.5. The minimum absolute atomic E-state index is 0.212. The molecule has 0 fully saturated rings. The number of ether oxygens (including phenoxy) is 1. The van der Waals surface area contributed by atoms with Crippen LogP contribution >= 0.6 is 15.9 Å². The Kier molecular flexibility index (Phi) is 4.45. The van der Waals surface area contributed by atoms with Crippen LogP contribution in [0.1, 0.15) is 28.3 Å². The predicted octanol–water partition coefficient (Wildman–Crippen LogP) is 4.26. The van der Waals surface area contributed by atoms with E-state index in [-0.39, 0.29) is 17.6 Å². The van der Waals surface area contributed by atoms with E-state index in [4.69, 9.17) is 10.5 Å². The van der Waals surface area contributed by atoms with Crippen molar-refractivity contribution >= 4 is 15.9 Å². The van der Waals surface area contributed by atoms with E-state index in [1.807, 2.05) is 19.9 Å². The summed E-state index contributed by atoms with van der Waals surface area (Å²) in [6.07, 6.45) is 0.